The monoisotopic (exact) mass is 421 g/mol. The third kappa shape index (κ3) is 4.90. The minimum Gasteiger partial charge on any atom is -0.489 e. The van der Waals surface area contributed by atoms with Gasteiger partial charge in [0.1, 0.15) is 17.9 Å². The molecule has 0 N–H and O–H groups in total. The van der Waals surface area contributed by atoms with Crippen LogP contribution in [0.15, 0.2) is 59.0 Å². The molecule has 1 aliphatic heterocycles. The van der Waals surface area contributed by atoms with Gasteiger partial charge < -0.3 is 18.8 Å². The first kappa shape index (κ1) is 21.0. The highest BCUT2D eigenvalue weighted by Crippen LogP contribution is 2.28. The van der Waals surface area contributed by atoms with E-state index in [0.717, 1.165) is 11.8 Å². The second kappa shape index (κ2) is 9.25. The third-order valence-corrected chi connectivity index (χ3v) is 5.56. The lowest BCUT2D eigenvalue weighted by Crippen LogP contribution is -2.44. The van der Waals surface area contributed by atoms with Crippen LogP contribution in [0.4, 0.5) is 0 Å². The van der Waals surface area contributed by atoms with E-state index in [4.69, 9.17) is 13.9 Å². The van der Waals surface area contributed by atoms with Crippen LogP contribution in [-0.2, 0) is 16.1 Å². The average molecular weight is 421 g/mol. The zero-order valence-electron chi connectivity index (χ0n) is 17.9. The van der Waals surface area contributed by atoms with E-state index >= 15 is 0 Å². The van der Waals surface area contributed by atoms with E-state index in [2.05, 4.69) is 13.8 Å². The van der Waals surface area contributed by atoms with Gasteiger partial charge in [0.25, 0.3) is 5.91 Å². The zero-order valence-corrected chi connectivity index (χ0v) is 17.9. The number of benzene rings is 2. The van der Waals surface area contributed by atoms with Crippen molar-refractivity contribution in [3.63, 3.8) is 0 Å². The lowest BCUT2D eigenvalue weighted by Gasteiger charge is -2.34. The molecular formula is C25H27NO5. The van der Waals surface area contributed by atoms with Gasteiger partial charge in [0.2, 0.25) is 5.76 Å². The van der Waals surface area contributed by atoms with Crippen LogP contribution in [-0.4, -0.2) is 36.5 Å². The Morgan fingerprint density at radius 1 is 1.00 bits per heavy atom. The number of ether oxygens (including phenoxy) is 2. The van der Waals surface area contributed by atoms with Gasteiger partial charge in [-0.25, -0.2) is 4.79 Å². The Bertz CT molecular complexity index is 1050. The predicted octanol–water partition coefficient (Wildman–Crippen LogP) is 4.67. The summed E-state index contributed by atoms with van der Waals surface area (Å²) < 4.78 is 17.0. The Labute approximate surface area is 181 Å². The number of piperidine rings is 1. The van der Waals surface area contributed by atoms with Crippen molar-refractivity contribution in [2.24, 2.45) is 11.8 Å². The molecule has 6 heteroatoms. The van der Waals surface area contributed by atoms with Gasteiger partial charge >= 0.3 is 5.97 Å². The molecule has 0 saturated carbocycles. The summed E-state index contributed by atoms with van der Waals surface area (Å²) in [5.74, 6) is 0.821. The zero-order chi connectivity index (χ0) is 21.8. The van der Waals surface area contributed by atoms with Crippen molar-refractivity contribution in [2.75, 3.05) is 19.7 Å². The van der Waals surface area contributed by atoms with E-state index in [1.54, 1.807) is 11.0 Å². The highest BCUT2D eigenvalue weighted by Gasteiger charge is 2.27. The van der Waals surface area contributed by atoms with Crippen LogP contribution >= 0.6 is 0 Å². The van der Waals surface area contributed by atoms with Crippen molar-refractivity contribution in [2.45, 2.75) is 26.9 Å². The summed E-state index contributed by atoms with van der Waals surface area (Å²) in [6, 6.07) is 16.7. The van der Waals surface area contributed by atoms with Gasteiger partial charge in [-0.2, -0.15) is 0 Å². The molecule has 4 rings (SSSR count). The first-order valence-corrected chi connectivity index (χ1v) is 10.6. The lowest BCUT2D eigenvalue weighted by atomic mass is 9.92. The number of nitrogens with zero attached hydrogens (tertiary/aromatic N) is 1. The summed E-state index contributed by atoms with van der Waals surface area (Å²) in [5.41, 5.74) is 1.18. The summed E-state index contributed by atoms with van der Waals surface area (Å²) in [7, 11) is 0. The molecule has 1 amide bonds. The van der Waals surface area contributed by atoms with Crippen molar-refractivity contribution in [3.05, 3.63) is 65.9 Å². The Morgan fingerprint density at radius 2 is 1.68 bits per heavy atom. The van der Waals surface area contributed by atoms with Gasteiger partial charge in [-0.15, -0.1) is 0 Å². The normalized spacial score (nSPS) is 18.7. The number of carbonyl (C=O) groups excluding carboxylic acids is 2. The summed E-state index contributed by atoms with van der Waals surface area (Å²) in [5, 5.41) is 0.787. The van der Waals surface area contributed by atoms with Crippen molar-refractivity contribution in [1.29, 1.82) is 0 Å². The van der Waals surface area contributed by atoms with Crippen molar-refractivity contribution < 1.29 is 23.5 Å². The summed E-state index contributed by atoms with van der Waals surface area (Å²) >= 11 is 0. The average Bonchev–Trinajstić information content (AvgIpc) is 3.14. The Kier molecular flexibility index (Phi) is 6.26. The molecule has 0 radical (unpaired) electrons. The molecule has 6 nitrogen and oxygen atoms in total. The third-order valence-electron chi connectivity index (χ3n) is 5.56. The number of furan rings is 1. The molecule has 3 aromatic rings. The highest BCUT2D eigenvalue weighted by molar-refractivity contribution is 5.96. The summed E-state index contributed by atoms with van der Waals surface area (Å²) in [6.45, 7) is 5.52. The molecule has 31 heavy (non-hydrogen) atoms. The molecule has 1 aromatic heterocycles. The Hall–Kier alpha value is -3.28. The van der Waals surface area contributed by atoms with Crippen molar-refractivity contribution >= 4 is 22.8 Å². The SMILES string of the molecule is CC1CC(C)CN(C(=O)COC(=O)c2oc3ccccc3c2COc2ccccc2)C1. The highest BCUT2D eigenvalue weighted by atomic mass is 16.5. The maximum atomic E-state index is 12.8. The standard InChI is InChI=1S/C25H27NO5/c1-17-12-18(2)14-26(13-17)23(27)16-30-25(28)24-21(15-29-19-8-4-3-5-9-19)20-10-6-7-11-22(20)31-24/h3-11,17-18H,12-16H2,1-2H3. The van der Waals surface area contributed by atoms with E-state index in [9.17, 15) is 9.59 Å². The van der Waals surface area contributed by atoms with E-state index in [1.165, 1.54) is 0 Å². The second-order valence-corrected chi connectivity index (χ2v) is 8.33. The van der Waals surface area contributed by atoms with Gasteiger partial charge in [-0.1, -0.05) is 50.2 Å². The van der Waals surface area contributed by atoms with Crippen LogP contribution in [0.25, 0.3) is 11.0 Å². The number of fused-ring (bicyclic) bond motifs is 1. The number of esters is 1. The lowest BCUT2D eigenvalue weighted by molar-refractivity contribution is -0.137. The first-order chi connectivity index (χ1) is 15.0. The van der Waals surface area contributed by atoms with Gasteiger partial charge in [0, 0.05) is 18.5 Å². The van der Waals surface area contributed by atoms with E-state index in [0.29, 0.717) is 41.8 Å². The Morgan fingerprint density at radius 3 is 2.42 bits per heavy atom. The van der Waals surface area contributed by atoms with Crippen LogP contribution in [0.1, 0.15) is 36.4 Å². The van der Waals surface area contributed by atoms with E-state index in [-0.39, 0.29) is 24.9 Å². The summed E-state index contributed by atoms with van der Waals surface area (Å²) in [6.07, 6.45) is 1.10. The molecular weight excluding hydrogens is 394 g/mol. The Balaban J connectivity index is 1.47. The smallest absolute Gasteiger partial charge is 0.375 e. The van der Waals surface area contributed by atoms with Gasteiger partial charge in [0.15, 0.2) is 6.61 Å². The van der Waals surface area contributed by atoms with Crippen LogP contribution in [0, 0.1) is 11.8 Å². The van der Waals surface area contributed by atoms with E-state index < -0.39 is 5.97 Å². The predicted molar refractivity (Wildman–Crippen MR) is 117 cm³/mol. The number of rotatable bonds is 6. The first-order valence-electron chi connectivity index (χ1n) is 10.6. The van der Waals surface area contributed by atoms with Crippen LogP contribution in [0.3, 0.4) is 0 Å². The number of para-hydroxylation sites is 2. The van der Waals surface area contributed by atoms with Crippen LogP contribution in [0.5, 0.6) is 5.75 Å². The van der Waals surface area contributed by atoms with E-state index in [1.807, 2.05) is 48.5 Å². The second-order valence-electron chi connectivity index (χ2n) is 8.33. The fourth-order valence-electron chi connectivity index (χ4n) is 4.23. The van der Waals surface area contributed by atoms with Crippen molar-refractivity contribution in [1.82, 2.24) is 4.90 Å². The van der Waals surface area contributed by atoms with Gasteiger partial charge in [0.05, 0.1) is 5.56 Å². The van der Waals surface area contributed by atoms with Gasteiger partial charge in [-0.3, -0.25) is 4.79 Å². The maximum absolute atomic E-state index is 12.8. The minimum atomic E-state index is -0.658. The van der Waals surface area contributed by atoms with Gasteiger partial charge in [-0.05, 0) is 36.5 Å². The molecule has 0 spiro atoms. The minimum absolute atomic E-state index is 0.0744. The molecule has 0 bridgehead atoms. The fraction of sp³-hybridized carbons (Fsp3) is 0.360. The molecule has 162 valence electrons. The molecule has 1 fully saturated rings. The number of likely N-dealkylation sites (tertiary alicyclic amines) is 1. The fourth-order valence-corrected chi connectivity index (χ4v) is 4.23. The maximum Gasteiger partial charge on any atom is 0.375 e. The number of carbonyl (C=O) groups is 2. The van der Waals surface area contributed by atoms with Crippen molar-refractivity contribution in [3.8, 4) is 5.75 Å². The molecule has 2 heterocycles. The number of amides is 1. The molecule has 2 aromatic carbocycles. The molecule has 0 aliphatic carbocycles. The summed E-state index contributed by atoms with van der Waals surface area (Å²) in [4.78, 5) is 27.2. The van der Waals surface area contributed by atoms with Crippen LogP contribution < -0.4 is 4.74 Å². The number of hydrogen-bond donors (Lipinski definition) is 0. The quantitative estimate of drug-likeness (QED) is 0.541. The number of hydrogen-bond acceptors (Lipinski definition) is 5. The topological polar surface area (TPSA) is 69.0 Å². The molecule has 2 atom stereocenters. The molecule has 1 saturated heterocycles. The molecule has 1 aliphatic rings. The molecule has 2 unspecified atom stereocenters. The van der Waals surface area contributed by atoms with Crippen LogP contribution in [0.2, 0.25) is 0 Å². The largest absolute Gasteiger partial charge is 0.489 e.